The predicted molar refractivity (Wildman–Crippen MR) is 80.2 cm³/mol. The van der Waals surface area contributed by atoms with Crippen LogP contribution in [0.1, 0.15) is 32.5 Å². The van der Waals surface area contributed by atoms with E-state index in [9.17, 15) is 5.11 Å². The fourth-order valence-corrected chi connectivity index (χ4v) is 2.56. The number of aliphatic hydroxyl groups is 2. The fourth-order valence-electron chi connectivity index (χ4n) is 2.56. The maximum absolute atomic E-state index is 9.51. The summed E-state index contributed by atoms with van der Waals surface area (Å²) < 4.78 is 2.05. The Hall–Kier alpha value is -1.59. The number of nitrogen functional groups attached to an aromatic ring is 1. The molecule has 0 spiro atoms. The number of aliphatic hydroxyl groups excluding tert-OH is 2. The summed E-state index contributed by atoms with van der Waals surface area (Å²) in [6.45, 7) is 5.19. The molecule has 1 aromatic carbocycles. The van der Waals surface area contributed by atoms with Gasteiger partial charge in [0, 0.05) is 18.8 Å². The van der Waals surface area contributed by atoms with E-state index in [0.717, 1.165) is 30.4 Å². The van der Waals surface area contributed by atoms with Gasteiger partial charge in [0.1, 0.15) is 12.4 Å². The van der Waals surface area contributed by atoms with Crippen LogP contribution in [0.5, 0.6) is 0 Å². The largest absolute Gasteiger partial charge is 0.399 e. The van der Waals surface area contributed by atoms with Crippen molar-refractivity contribution in [2.75, 3.05) is 12.3 Å². The third-order valence-electron chi connectivity index (χ3n) is 3.59. The second kappa shape index (κ2) is 5.81. The monoisotopic (exact) mass is 277 g/mol. The van der Waals surface area contributed by atoms with Crippen molar-refractivity contribution in [3.8, 4) is 0 Å². The molecule has 2 aromatic rings. The van der Waals surface area contributed by atoms with Gasteiger partial charge in [0.05, 0.1) is 11.0 Å². The number of hydrogen-bond donors (Lipinski definition) is 3. The lowest BCUT2D eigenvalue weighted by molar-refractivity contribution is 0.214. The highest BCUT2D eigenvalue weighted by Crippen LogP contribution is 2.28. The number of imidazole rings is 1. The Morgan fingerprint density at radius 1 is 1.30 bits per heavy atom. The van der Waals surface area contributed by atoms with E-state index in [1.54, 1.807) is 0 Å². The minimum absolute atomic E-state index is 0.0294. The van der Waals surface area contributed by atoms with Crippen LogP contribution in [0.4, 0.5) is 5.69 Å². The maximum atomic E-state index is 9.51. The molecular formula is C15H23N3O2. The van der Waals surface area contributed by atoms with Crippen LogP contribution in [0.15, 0.2) is 18.2 Å². The number of rotatable bonds is 6. The van der Waals surface area contributed by atoms with Crippen LogP contribution in [-0.4, -0.2) is 26.4 Å². The number of aromatic nitrogens is 2. The van der Waals surface area contributed by atoms with E-state index in [1.807, 2.05) is 22.8 Å². The molecule has 0 fully saturated rings. The summed E-state index contributed by atoms with van der Waals surface area (Å²) in [5.41, 5.74) is 8.28. The van der Waals surface area contributed by atoms with Crippen LogP contribution >= 0.6 is 0 Å². The number of nitrogens with zero attached hydrogens (tertiary/aromatic N) is 2. The molecule has 4 N–H and O–H groups in total. The summed E-state index contributed by atoms with van der Waals surface area (Å²) in [6.07, 6.45) is 1.70. The average molecular weight is 277 g/mol. The average Bonchev–Trinajstić information content (AvgIpc) is 2.73. The van der Waals surface area contributed by atoms with Gasteiger partial charge in [-0.15, -0.1) is 0 Å². The zero-order chi connectivity index (χ0) is 14.8. The predicted octanol–water partition coefficient (Wildman–Crippen LogP) is 1.91. The molecule has 0 atom stereocenters. The van der Waals surface area contributed by atoms with Gasteiger partial charge in [-0.25, -0.2) is 4.98 Å². The van der Waals surface area contributed by atoms with Crippen molar-refractivity contribution in [2.45, 2.75) is 39.8 Å². The van der Waals surface area contributed by atoms with E-state index >= 15 is 0 Å². The molecule has 1 heterocycles. The molecule has 0 aliphatic heterocycles. The SMILES string of the molecule is CC(C)(CCCO)Cn1c(CO)nc2cc(N)ccc21. The third kappa shape index (κ3) is 3.11. The van der Waals surface area contributed by atoms with Gasteiger partial charge in [0.15, 0.2) is 0 Å². The Balaban J connectivity index is 2.37. The molecule has 0 saturated heterocycles. The van der Waals surface area contributed by atoms with Gasteiger partial charge in [-0.1, -0.05) is 13.8 Å². The van der Waals surface area contributed by atoms with Crippen molar-refractivity contribution in [1.82, 2.24) is 9.55 Å². The van der Waals surface area contributed by atoms with E-state index in [0.29, 0.717) is 11.5 Å². The first-order valence-corrected chi connectivity index (χ1v) is 6.93. The Bertz CT molecular complexity index is 590. The number of benzene rings is 1. The molecule has 0 aliphatic rings. The summed E-state index contributed by atoms with van der Waals surface area (Å²) in [7, 11) is 0. The second-order valence-corrected chi connectivity index (χ2v) is 6.01. The molecule has 0 aliphatic carbocycles. The molecule has 2 rings (SSSR count). The quantitative estimate of drug-likeness (QED) is 0.704. The lowest BCUT2D eigenvalue weighted by Crippen LogP contribution is -2.21. The van der Waals surface area contributed by atoms with Crippen molar-refractivity contribution in [3.05, 3.63) is 24.0 Å². The maximum Gasteiger partial charge on any atom is 0.135 e. The Morgan fingerprint density at radius 2 is 2.05 bits per heavy atom. The number of fused-ring (bicyclic) bond motifs is 1. The van der Waals surface area contributed by atoms with Gasteiger partial charge >= 0.3 is 0 Å². The first-order valence-electron chi connectivity index (χ1n) is 6.93. The standard InChI is InChI=1S/C15H23N3O2/c1-15(2,6-3-7-19)10-18-13-5-4-11(16)8-12(13)17-14(18)9-20/h4-5,8,19-20H,3,6-7,9-10,16H2,1-2H3. The van der Waals surface area contributed by atoms with E-state index < -0.39 is 0 Å². The second-order valence-electron chi connectivity index (χ2n) is 6.01. The minimum atomic E-state index is -0.0926. The van der Waals surface area contributed by atoms with Gasteiger partial charge in [-0.2, -0.15) is 0 Å². The minimum Gasteiger partial charge on any atom is -0.399 e. The molecule has 110 valence electrons. The molecule has 20 heavy (non-hydrogen) atoms. The zero-order valence-corrected chi connectivity index (χ0v) is 12.1. The molecule has 5 heteroatoms. The molecular weight excluding hydrogens is 254 g/mol. The van der Waals surface area contributed by atoms with Crippen molar-refractivity contribution in [2.24, 2.45) is 5.41 Å². The number of hydrogen-bond acceptors (Lipinski definition) is 4. The normalized spacial score (nSPS) is 12.2. The van der Waals surface area contributed by atoms with Crippen molar-refractivity contribution in [1.29, 1.82) is 0 Å². The van der Waals surface area contributed by atoms with Gasteiger partial charge in [0.2, 0.25) is 0 Å². The number of anilines is 1. The van der Waals surface area contributed by atoms with Crippen molar-refractivity contribution < 1.29 is 10.2 Å². The fraction of sp³-hybridized carbons (Fsp3) is 0.533. The highest BCUT2D eigenvalue weighted by atomic mass is 16.3. The van der Waals surface area contributed by atoms with E-state index in [-0.39, 0.29) is 18.6 Å². The summed E-state index contributed by atoms with van der Waals surface area (Å²) in [5.74, 6) is 0.655. The van der Waals surface area contributed by atoms with Crippen molar-refractivity contribution >= 4 is 16.7 Å². The third-order valence-corrected chi connectivity index (χ3v) is 3.59. The van der Waals surface area contributed by atoms with Crippen LogP contribution < -0.4 is 5.73 Å². The highest BCUT2D eigenvalue weighted by Gasteiger charge is 2.21. The first-order chi connectivity index (χ1) is 9.46. The van der Waals surface area contributed by atoms with Crippen LogP contribution in [0.25, 0.3) is 11.0 Å². The lowest BCUT2D eigenvalue weighted by atomic mass is 9.87. The van der Waals surface area contributed by atoms with Crippen molar-refractivity contribution in [3.63, 3.8) is 0 Å². The van der Waals surface area contributed by atoms with E-state index in [4.69, 9.17) is 10.8 Å². The molecule has 0 amide bonds. The van der Waals surface area contributed by atoms with Gasteiger partial charge < -0.3 is 20.5 Å². The highest BCUT2D eigenvalue weighted by molar-refractivity contribution is 5.79. The molecule has 0 radical (unpaired) electrons. The number of nitrogens with two attached hydrogens (primary N) is 1. The molecule has 1 aromatic heterocycles. The van der Waals surface area contributed by atoms with E-state index in [1.165, 1.54) is 0 Å². The summed E-state index contributed by atoms with van der Waals surface area (Å²) in [6, 6.07) is 5.62. The van der Waals surface area contributed by atoms with E-state index in [2.05, 4.69) is 18.8 Å². The Kier molecular flexibility index (Phi) is 4.30. The lowest BCUT2D eigenvalue weighted by Gasteiger charge is -2.26. The summed E-state index contributed by atoms with van der Waals surface area (Å²) in [4.78, 5) is 4.44. The van der Waals surface area contributed by atoms with Gasteiger partial charge in [-0.05, 0) is 36.5 Å². The topological polar surface area (TPSA) is 84.3 Å². The molecule has 5 nitrogen and oxygen atoms in total. The smallest absolute Gasteiger partial charge is 0.135 e. The van der Waals surface area contributed by atoms with Gasteiger partial charge in [-0.3, -0.25) is 0 Å². The molecule has 0 unspecified atom stereocenters. The van der Waals surface area contributed by atoms with Crippen LogP contribution in [-0.2, 0) is 13.2 Å². The molecule has 0 saturated carbocycles. The Labute approximate surface area is 119 Å². The van der Waals surface area contributed by atoms with Crippen LogP contribution in [0.3, 0.4) is 0 Å². The van der Waals surface area contributed by atoms with Crippen LogP contribution in [0, 0.1) is 5.41 Å². The zero-order valence-electron chi connectivity index (χ0n) is 12.1. The summed E-state index contributed by atoms with van der Waals surface area (Å²) >= 11 is 0. The van der Waals surface area contributed by atoms with Gasteiger partial charge in [0.25, 0.3) is 0 Å². The van der Waals surface area contributed by atoms with Crippen LogP contribution in [0.2, 0.25) is 0 Å². The Morgan fingerprint density at radius 3 is 2.70 bits per heavy atom. The summed E-state index contributed by atoms with van der Waals surface area (Å²) in [5, 5.41) is 18.5. The molecule has 0 bridgehead atoms. The first kappa shape index (κ1) is 14.8.